The summed E-state index contributed by atoms with van der Waals surface area (Å²) in [5.74, 6) is 1.26. The van der Waals surface area contributed by atoms with Crippen molar-refractivity contribution in [3.05, 3.63) is 30.3 Å². The fraction of sp³-hybridized carbons (Fsp3) is 0.500. The predicted molar refractivity (Wildman–Crippen MR) is 69.2 cm³/mol. The highest BCUT2D eigenvalue weighted by molar-refractivity contribution is 5.85. The van der Waals surface area contributed by atoms with Gasteiger partial charge in [0.2, 0.25) is 0 Å². The van der Waals surface area contributed by atoms with Gasteiger partial charge in [0.15, 0.2) is 0 Å². The third-order valence-electron chi connectivity index (χ3n) is 3.02. The third-order valence-corrected chi connectivity index (χ3v) is 3.02. The van der Waals surface area contributed by atoms with Gasteiger partial charge in [0, 0.05) is 19.0 Å². The Morgan fingerprint density at radius 2 is 1.88 bits per heavy atom. The molecule has 1 aromatic rings. The van der Waals surface area contributed by atoms with Gasteiger partial charge in [0.25, 0.3) is 0 Å². The number of benzene rings is 1. The quantitative estimate of drug-likeness (QED) is 0.737. The summed E-state index contributed by atoms with van der Waals surface area (Å²) in [5.41, 5.74) is 1.07. The van der Waals surface area contributed by atoms with Gasteiger partial charge in [-0.3, -0.25) is 0 Å². The van der Waals surface area contributed by atoms with Crippen LogP contribution in [0, 0.1) is 0 Å². The Labute approximate surface area is 98.0 Å². The van der Waals surface area contributed by atoms with Crippen molar-refractivity contribution in [2.45, 2.75) is 39.2 Å². The van der Waals surface area contributed by atoms with Gasteiger partial charge in [0.1, 0.15) is 5.84 Å². The first-order valence-corrected chi connectivity index (χ1v) is 6.16. The Bertz CT molecular complexity index is 354. The number of likely N-dealkylation sites (tertiary alicyclic amines) is 1. The Kier molecular flexibility index (Phi) is 3.60. The van der Waals surface area contributed by atoms with Crippen molar-refractivity contribution in [1.29, 1.82) is 0 Å². The second-order valence-corrected chi connectivity index (χ2v) is 4.61. The lowest BCUT2D eigenvalue weighted by atomic mass is 10.1. The van der Waals surface area contributed by atoms with Crippen LogP contribution in [0.5, 0.6) is 0 Å². The summed E-state index contributed by atoms with van der Waals surface area (Å²) in [6, 6.07) is 10.8. The number of hydrogen-bond donors (Lipinski definition) is 0. The zero-order valence-electron chi connectivity index (χ0n) is 10.2. The van der Waals surface area contributed by atoms with E-state index in [4.69, 9.17) is 4.99 Å². The van der Waals surface area contributed by atoms with Gasteiger partial charge in [-0.1, -0.05) is 18.2 Å². The van der Waals surface area contributed by atoms with Crippen molar-refractivity contribution >= 4 is 11.5 Å². The first-order chi connectivity index (χ1) is 7.77. The maximum absolute atomic E-state index is 4.76. The van der Waals surface area contributed by atoms with E-state index < -0.39 is 0 Å². The van der Waals surface area contributed by atoms with Crippen LogP contribution in [0.25, 0.3) is 0 Å². The molecule has 0 saturated carbocycles. The largest absolute Gasteiger partial charge is 0.358 e. The summed E-state index contributed by atoms with van der Waals surface area (Å²) in [7, 11) is 0. The number of hydrogen-bond acceptors (Lipinski definition) is 1. The van der Waals surface area contributed by atoms with E-state index >= 15 is 0 Å². The molecule has 0 bridgehead atoms. The lowest BCUT2D eigenvalue weighted by molar-refractivity contribution is 0.313. The van der Waals surface area contributed by atoms with Crippen LogP contribution in [0.2, 0.25) is 0 Å². The van der Waals surface area contributed by atoms with E-state index in [0.717, 1.165) is 18.7 Å². The third kappa shape index (κ3) is 2.63. The van der Waals surface area contributed by atoms with Gasteiger partial charge in [-0.05, 0) is 38.8 Å². The molecule has 1 aromatic carbocycles. The highest BCUT2D eigenvalue weighted by Crippen LogP contribution is 2.19. The topological polar surface area (TPSA) is 15.6 Å². The van der Waals surface area contributed by atoms with Crippen molar-refractivity contribution in [3.63, 3.8) is 0 Å². The second kappa shape index (κ2) is 5.15. The SMILES string of the molecule is CC(C)N1CCCCC1=Nc1ccccc1. The molecular formula is C14H20N2. The van der Waals surface area contributed by atoms with Gasteiger partial charge < -0.3 is 4.90 Å². The van der Waals surface area contributed by atoms with E-state index in [1.807, 2.05) is 18.2 Å². The summed E-state index contributed by atoms with van der Waals surface area (Å²) >= 11 is 0. The summed E-state index contributed by atoms with van der Waals surface area (Å²) in [6.07, 6.45) is 3.69. The molecule has 2 nitrogen and oxygen atoms in total. The lowest BCUT2D eigenvalue weighted by Gasteiger charge is -2.33. The molecular weight excluding hydrogens is 196 g/mol. The predicted octanol–water partition coefficient (Wildman–Crippen LogP) is 3.61. The van der Waals surface area contributed by atoms with Crippen LogP contribution < -0.4 is 0 Å². The maximum atomic E-state index is 4.76. The van der Waals surface area contributed by atoms with Gasteiger partial charge in [-0.2, -0.15) is 0 Å². The minimum Gasteiger partial charge on any atom is -0.358 e. The highest BCUT2D eigenvalue weighted by Gasteiger charge is 2.18. The van der Waals surface area contributed by atoms with E-state index in [1.165, 1.54) is 18.7 Å². The summed E-state index contributed by atoms with van der Waals surface area (Å²) in [5, 5.41) is 0. The lowest BCUT2D eigenvalue weighted by Crippen LogP contribution is -2.40. The molecule has 1 aliphatic rings. The summed E-state index contributed by atoms with van der Waals surface area (Å²) in [6.45, 7) is 5.64. The zero-order chi connectivity index (χ0) is 11.4. The monoisotopic (exact) mass is 216 g/mol. The molecule has 0 unspecified atom stereocenters. The molecule has 0 aromatic heterocycles. The van der Waals surface area contributed by atoms with E-state index in [9.17, 15) is 0 Å². The molecule has 0 N–H and O–H groups in total. The molecule has 2 rings (SSSR count). The first kappa shape index (κ1) is 11.2. The molecule has 16 heavy (non-hydrogen) atoms. The summed E-state index contributed by atoms with van der Waals surface area (Å²) in [4.78, 5) is 7.19. The highest BCUT2D eigenvalue weighted by atomic mass is 15.2. The van der Waals surface area contributed by atoms with Crippen LogP contribution in [0.4, 0.5) is 5.69 Å². The Balaban J connectivity index is 2.20. The van der Waals surface area contributed by atoms with Crippen LogP contribution in [0.1, 0.15) is 33.1 Å². The van der Waals surface area contributed by atoms with E-state index in [-0.39, 0.29) is 0 Å². The second-order valence-electron chi connectivity index (χ2n) is 4.61. The molecule has 1 aliphatic heterocycles. The van der Waals surface area contributed by atoms with Crippen molar-refractivity contribution in [2.24, 2.45) is 4.99 Å². The van der Waals surface area contributed by atoms with Crippen molar-refractivity contribution in [2.75, 3.05) is 6.54 Å². The first-order valence-electron chi connectivity index (χ1n) is 6.16. The normalized spacial score (nSPS) is 19.4. The molecule has 1 fully saturated rings. The number of aliphatic imine (C=N–C) groups is 1. The van der Waals surface area contributed by atoms with Gasteiger partial charge in [-0.15, -0.1) is 0 Å². The smallest absolute Gasteiger partial charge is 0.105 e. The molecule has 0 atom stereocenters. The van der Waals surface area contributed by atoms with Crippen LogP contribution in [-0.4, -0.2) is 23.3 Å². The molecule has 0 aliphatic carbocycles. The Morgan fingerprint density at radius 3 is 2.56 bits per heavy atom. The number of amidine groups is 1. The summed E-state index contributed by atoms with van der Waals surface area (Å²) < 4.78 is 0. The number of para-hydroxylation sites is 1. The molecule has 0 amide bonds. The van der Waals surface area contributed by atoms with E-state index in [0.29, 0.717) is 6.04 Å². The molecule has 1 heterocycles. The van der Waals surface area contributed by atoms with Crippen molar-refractivity contribution < 1.29 is 0 Å². The fourth-order valence-corrected chi connectivity index (χ4v) is 2.17. The van der Waals surface area contributed by atoms with Gasteiger partial charge >= 0.3 is 0 Å². The average Bonchev–Trinajstić information content (AvgIpc) is 2.31. The van der Waals surface area contributed by atoms with E-state index in [1.54, 1.807) is 0 Å². The Hall–Kier alpha value is -1.31. The minimum atomic E-state index is 0.558. The molecule has 0 radical (unpaired) electrons. The number of nitrogens with zero attached hydrogens (tertiary/aromatic N) is 2. The van der Waals surface area contributed by atoms with Crippen molar-refractivity contribution in [1.82, 2.24) is 4.90 Å². The van der Waals surface area contributed by atoms with Gasteiger partial charge in [0.05, 0.1) is 5.69 Å². The number of rotatable bonds is 2. The maximum Gasteiger partial charge on any atom is 0.105 e. The zero-order valence-corrected chi connectivity index (χ0v) is 10.2. The minimum absolute atomic E-state index is 0.558. The van der Waals surface area contributed by atoms with Crippen molar-refractivity contribution in [3.8, 4) is 0 Å². The standard InChI is InChI=1S/C14H20N2/c1-12(2)16-11-7-6-10-14(16)15-13-8-4-3-5-9-13/h3-5,8-9,12H,6-7,10-11H2,1-2H3. The van der Waals surface area contributed by atoms with Crippen LogP contribution >= 0.6 is 0 Å². The Morgan fingerprint density at radius 1 is 1.12 bits per heavy atom. The number of piperidine rings is 1. The van der Waals surface area contributed by atoms with Crippen LogP contribution in [0.3, 0.4) is 0 Å². The van der Waals surface area contributed by atoms with Crippen LogP contribution in [0.15, 0.2) is 35.3 Å². The van der Waals surface area contributed by atoms with E-state index in [2.05, 4.69) is 30.9 Å². The average molecular weight is 216 g/mol. The molecule has 1 saturated heterocycles. The molecule has 2 heteroatoms. The van der Waals surface area contributed by atoms with Crippen LogP contribution in [-0.2, 0) is 0 Å². The molecule has 86 valence electrons. The fourth-order valence-electron chi connectivity index (χ4n) is 2.17. The molecule has 0 spiro atoms. The van der Waals surface area contributed by atoms with Gasteiger partial charge in [-0.25, -0.2) is 4.99 Å².